The summed E-state index contributed by atoms with van der Waals surface area (Å²) in [5.74, 6) is -0.222. The first kappa shape index (κ1) is 12.9. The van der Waals surface area contributed by atoms with Crippen LogP contribution >= 0.6 is 0 Å². The number of hydrogen-bond donors (Lipinski definition) is 0. The SMILES string of the molecule is Cc1cc[n+](COC(=O)[C@@H]2CCc3ccccc32)cc1. The number of rotatable bonds is 3. The molecule has 0 amide bonds. The number of benzene rings is 1. The minimum absolute atomic E-state index is 0.0998. The van der Waals surface area contributed by atoms with Gasteiger partial charge >= 0.3 is 5.97 Å². The molecule has 1 aromatic carbocycles. The molecule has 0 aliphatic heterocycles. The Morgan fingerprint density at radius 2 is 2.00 bits per heavy atom. The molecular weight excluding hydrogens is 250 g/mol. The van der Waals surface area contributed by atoms with Crippen LogP contribution in [0.3, 0.4) is 0 Å². The van der Waals surface area contributed by atoms with E-state index in [1.807, 2.05) is 54.2 Å². The van der Waals surface area contributed by atoms with Gasteiger partial charge in [-0.3, -0.25) is 4.79 Å². The van der Waals surface area contributed by atoms with Crippen molar-refractivity contribution in [2.45, 2.75) is 32.4 Å². The Bertz CT molecular complexity index is 619. The Kier molecular flexibility index (Phi) is 3.50. The predicted molar refractivity (Wildman–Crippen MR) is 75.0 cm³/mol. The highest BCUT2D eigenvalue weighted by atomic mass is 16.5. The monoisotopic (exact) mass is 268 g/mol. The predicted octanol–water partition coefficient (Wildman–Crippen LogP) is 2.51. The van der Waals surface area contributed by atoms with E-state index in [1.165, 1.54) is 11.1 Å². The van der Waals surface area contributed by atoms with E-state index < -0.39 is 0 Å². The third kappa shape index (κ3) is 2.57. The van der Waals surface area contributed by atoms with Gasteiger partial charge < -0.3 is 4.74 Å². The zero-order chi connectivity index (χ0) is 13.9. The quantitative estimate of drug-likeness (QED) is 0.632. The minimum Gasteiger partial charge on any atom is -0.404 e. The first-order valence-electron chi connectivity index (χ1n) is 6.94. The number of fused-ring (bicyclic) bond motifs is 1. The lowest BCUT2D eigenvalue weighted by atomic mass is 10.0. The molecule has 0 saturated heterocycles. The molecule has 0 N–H and O–H groups in total. The molecule has 102 valence electrons. The largest absolute Gasteiger partial charge is 0.404 e. The molecule has 2 aromatic rings. The minimum atomic E-state index is -0.122. The number of nitrogens with zero attached hydrogens (tertiary/aromatic N) is 1. The summed E-state index contributed by atoms with van der Waals surface area (Å²) in [6.07, 6.45) is 5.67. The Labute approximate surface area is 118 Å². The summed E-state index contributed by atoms with van der Waals surface area (Å²) in [6, 6.07) is 12.1. The van der Waals surface area contributed by atoms with Crippen molar-refractivity contribution in [3.05, 3.63) is 65.5 Å². The van der Waals surface area contributed by atoms with E-state index in [-0.39, 0.29) is 18.6 Å². The van der Waals surface area contributed by atoms with Gasteiger partial charge in [-0.05, 0) is 36.5 Å². The van der Waals surface area contributed by atoms with Gasteiger partial charge in [-0.25, -0.2) is 0 Å². The summed E-state index contributed by atoms with van der Waals surface area (Å²) >= 11 is 0. The van der Waals surface area contributed by atoms with E-state index in [2.05, 4.69) is 6.07 Å². The van der Waals surface area contributed by atoms with Gasteiger partial charge in [0.1, 0.15) is 0 Å². The standard InChI is InChI=1S/C17H18NO2/c1-13-8-10-18(11-9-13)12-20-17(19)16-7-6-14-4-2-3-5-15(14)16/h2-5,8-11,16H,6-7,12H2,1H3/q+1/t16-/m1/s1. The maximum absolute atomic E-state index is 12.2. The van der Waals surface area contributed by atoms with Crippen LogP contribution in [-0.2, 0) is 22.7 Å². The van der Waals surface area contributed by atoms with Crippen molar-refractivity contribution in [2.75, 3.05) is 0 Å². The fourth-order valence-corrected chi connectivity index (χ4v) is 2.66. The molecule has 1 atom stereocenters. The molecule has 0 bridgehead atoms. The van der Waals surface area contributed by atoms with E-state index in [0.29, 0.717) is 0 Å². The van der Waals surface area contributed by atoms with Crippen LogP contribution in [0.5, 0.6) is 0 Å². The molecule has 1 aliphatic rings. The number of hydrogen-bond acceptors (Lipinski definition) is 2. The molecular formula is C17H18NO2+. The molecule has 3 rings (SSSR count). The number of pyridine rings is 1. The highest BCUT2D eigenvalue weighted by molar-refractivity contribution is 5.79. The van der Waals surface area contributed by atoms with Crippen molar-refractivity contribution < 1.29 is 14.1 Å². The lowest BCUT2D eigenvalue weighted by Crippen LogP contribution is -2.36. The van der Waals surface area contributed by atoms with Crippen molar-refractivity contribution in [1.82, 2.24) is 0 Å². The van der Waals surface area contributed by atoms with Gasteiger partial charge in [0.05, 0.1) is 5.92 Å². The average Bonchev–Trinajstić information content (AvgIpc) is 2.90. The number of carbonyl (C=O) groups excluding carboxylic acids is 1. The van der Waals surface area contributed by atoms with Gasteiger partial charge in [-0.2, -0.15) is 4.57 Å². The molecule has 20 heavy (non-hydrogen) atoms. The van der Waals surface area contributed by atoms with Gasteiger partial charge in [0, 0.05) is 12.1 Å². The lowest BCUT2D eigenvalue weighted by molar-refractivity contribution is -0.727. The van der Waals surface area contributed by atoms with Gasteiger partial charge in [-0.15, -0.1) is 0 Å². The van der Waals surface area contributed by atoms with Crippen molar-refractivity contribution >= 4 is 5.97 Å². The summed E-state index contributed by atoms with van der Waals surface area (Å²) in [5.41, 5.74) is 3.60. The topological polar surface area (TPSA) is 30.2 Å². The number of ether oxygens (including phenoxy) is 1. The number of aryl methyl sites for hydroxylation is 2. The van der Waals surface area contributed by atoms with Gasteiger partial charge in [0.15, 0.2) is 12.4 Å². The normalized spacial score (nSPS) is 16.8. The van der Waals surface area contributed by atoms with Crippen LogP contribution in [0.1, 0.15) is 29.0 Å². The van der Waals surface area contributed by atoms with Crippen molar-refractivity contribution in [1.29, 1.82) is 0 Å². The van der Waals surface area contributed by atoms with E-state index in [1.54, 1.807) is 0 Å². The summed E-state index contributed by atoms with van der Waals surface area (Å²) < 4.78 is 7.30. The summed E-state index contributed by atoms with van der Waals surface area (Å²) in [6.45, 7) is 2.31. The van der Waals surface area contributed by atoms with Crippen LogP contribution in [0.4, 0.5) is 0 Å². The Morgan fingerprint density at radius 1 is 1.25 bits per heavy atom. The summed E-state index contributed by atoms with van der Waals surface area (Å²) in [7, 11) is 0. The van der Waals surface area contributed by atoms with Crippen LogP contribution < -0.4 is 4.57 Å². The fraction of sp³-hybridized carbons (Fsp3) is 0.294. The second-order valence-electron chi connectivity index (χ2n) is 5.27. The van der Waals surface area contributed by atoms with E-state index in [4.69, 9.17) is 4.74 Å². The van der Waals surface area contributed by atoms with Crippen molar-refractivity contribution in [2.24, 2.45) is 0 Å². The van der Waals surface area contributed by atoms with Gasteiger partial charge in [0.2, 0.25) is 0 Å². The molecule has 0 unspecified atom stereocenters. The summed E-state index contributed by atoms with van der Waals surface area (Å²) in [4.78, 5) is 12.2. The first-order chi connectivity index (χ1) is 9.74. The molecule has 3 nitrogen and oxygen atoms in total. The molecule has 0 fully saturated rings. The highest BCUT2D eigenvalue weighted by Crippen LogP contribution is 2.33. The first-order valence-corrected chi connectivity index (χ1v) is 6.94. The smallest absolute Gasteiger partial charge is 0.318 e. The highest BCUT2D eigenvalue weighted by Gasteiger charge is 2.29. The second kappa shape index (κ2) is 5.45. The molecule has 0 spiro atoms. The van der Waals surface area contributed by atoms with E-state index >= 15 is 0 Å². The second-order valence-corrected chi connectivity index (χ2v) is 5.27. The number of aromatic nitrogens is 1. The van der Waals surface area contributed by atoms with Crippen LogP contribution in [0.25, 0.3) is 0 Å². The maximum Gasteiger partial charge on any atom is 0.318 e. The molecule has 0 radical (unpaired) electrons. The van der Waals surface area contributed by atoms with Gasteiger partial charge in [-0.1, -0.05) is 24.3 Å². The van der Waals surface area contributed by atoms with Gasteiger partial charge in [0.25, 0.3) is 6.73 Å². The van der Waals surface area contributed by atoms with E-state index in [0.717, 1.165) is 18.4 Å². The number of esters is 1. The van der Waals surface area contributed by atoms with Crippen molar-refractivity contribution in [3.8, 4) is 0 Å². The molecule has 1 heterocycles. The van der Waals surface area contributed by atoms with Crippen LogP contribution in [0.15, 0.2) is 48.8 Å². The Balaban J connectivity index is 1.65. The Morgan fingerprint density at radius 3 is 2.80 bits per heavy atom. The van der Waals surface area contributed by atoms with Crippen LogP contribution in [0, 0.1) is 6.92 Å². The Hall–Kier alpha value is -2.16. The third-order valence-electron chi connectivity index (χ3n) is 3.83. The zero-order valence-electron chi connectivity index (χ0n) is 11.6. The van der Waals surface area contributed by atoms with Crippen LogP contribution in [0.2, 0.25) is 0 Å². The van der Waals surface area contributed by atoms with Crippen LogP contribution in [-0.4, -0.2) is 5.97 Å². The van der Waals surface area contributed by atoms with E-state index in [9.17, 15) is 4.79 Å². The molecule has 1 aromatic heterocycles. The number of carbonyl (C=O) groups is 1. The fourth-order valence-electron chi connectivity index (χ4n) is 2.66. The summed E-state index contributed by atoms with van der Waals surface area (Å²) in [5, 5.41) is 0. The third-order valence-corrected chi connectivity index (χ3v) is 3.83. The zero-order valence-corrected chi connectivity index (χ0v) is 11.6. The average molecular weight is 268 g/mol. The van der Waals surface area contributed by atoms with Crippen molar-refractivity contribution in [3.63, 3.8) is 0 Å². The molecule has 0 saturated carbocycles. The lowest BCUT2D eigenvalue weighted by Gasteiger charge is -2.09. The maximum atomic E-state index is 12.2. The molecule has 1 aliphatic carbocycles. The molecule has 3 heteroatoms.